The van der Waals surface area contributed by atoms with Crippen LogP contribution in [0.1, 0.15) is 13.3 Å². The molecule has 3 N–H and O–H groups in total. The van der Waals surface area contributed by atoms with Crippen LogP contribution in [-0.2, 0) is 10.0 Å². The van der Waals surface area contributed by atoms with Crippen molar-refractivity contribution in [2.75, 3.05) is 18.8 Å². The van der Waals surface area contributed by atoms with Gasteiger partial charge in [0.1, 0.15) is 4.90 Å². The van der Waals surface area contributed by atoms with Gasteiger partial charge in [0.15, 0.2) is 5.82 Å². The maximum absolute atomic E-state index is 14.0. The van der Waals surface area contributed by atoms with Crippen molar-refractivity contribution in [2.24, 2.45) is 0 Å². The summed E-state index contributed by atoms with van der Waals surface area (Å²) in [5.41, 5.74) is 3.11. The number of sulfonamides is 1. The van der Waals surface area contributed by atoms with Crippen LogP contribution in [0.5, 0.6) is 0 Å². The van der Waals surface area contributed by atoms with Crippen LogP contribution in [0.2, 0.25) is 0 Å². The van der Waals surface area contributed by atoms with E-state index in [-0.39, 0.29) is 19.5 Å². The van der Waals surface area contributed by atoms with E-state index < -0.39 is 42.6 Å². The summed E-state index contributed by atoms with van der Waals surface area (Å²) in [6.45, 7) is 1.30. The Bertz CT molecular complexity index is 681. The number of benzene rings is 1. The number of β-amino-alcohol motifs (C(OH)–C–C–N with tert-alkyl or cyclic N) is 1. The third-order valence-corrected chi connectivity index (χ3v) is 5.22. The quantitative estimate of drug-likeness (QED) is 0.473. The first kappa shape index (κ1) is 15.6. The Kier molecular flexibility index (Phi) is 3.64. The molecule has 1 aliphatic heterocycles. The van der Waals surface area contributed by atoms with Crippen molar-refractivity contribution in [1.29, 1.82) is 0 Å². The molecule has 0 spiro atoms. The number of non-ortho nitro benzene ring substituents is 1. The Morgan fingerprint density at radius 3 is 2.57 bits per heavy atom. The van der Waals surface area contributed by atoms with Gasteiger partial charge in [0.05, 0.1) is 22.3 Å². The fourth-order valence-electron chi connectivity index (χ4n) is 2.22. The molecule has 0 saturated carbocycles. The van der Waals surface area contributed by atoms with Crippen LogP contribution in [0, 0.1) is 15.9 Å². The SMILES string of the molecule is CC1(O)CCN(S(=O)(=O)c2c(N)cc([N+](=O)[O-])cc2F)C1. The molecule has 1 aromatic rings. The average Bonchev–Trinajstić information content (AvgIpc) is 2.69. The first-order valence-corrected chi connectivity index (χ1v) is 7.44. The summed E-state index contributed by atoms with van der Waals surface area (Å²) in [4.78, 5) is 8.93. The lowest BCUT2D eigenvalue weighted by molar-refractivity contribution is -0.385. The van der Waals surface area contributed by atoms with Gasteiger partial charge in [-0.15, -0.1) is 0 Å². The largest absolute Gasteiger partial charge is 0.397 e. The van der Waals surface area contributed by atoms with E-state index in [9.17, 15) is 28.0 Å². The minimum absolute atomic E-state index is 0.0190. The van der Waals surface area contributed by atoms with E-state index in [1.807, 2.05) is 0 Å². The van der Waals surface area contributed by atoms with Crippen LogP contribution in [-0.4, -0.2) is 41.4 Å². The molecular weight excluding hydrogens is 305 g/mol. The zero-order chi connectivity index (χ0) is 16.0. The first-order chi connectivity index (χ1) is 9.54. The van der Waals surface area contributed by atoms with Crippen LogP contribution in [0.25, 0.3) is 0 Å². The molecule has 0 bridgehead atoms. The summed E-state index contributed by atoms with van der Waals surface area (Å²) >= 11 is 0. The minimum atomic E-state index is -4.26. The number of hydrogen-bond acceptors (Lipinski definition) is 6. The van der Waals surface area contributed by atoms with Gasteiger partial charge in [0, 0.05) is 19.2 Å². The molecule has 0 aliphatic carbocycles. The lowest BCUT2D eigenvalue weighted by Gasteiger charge is -2.20. The Balaban J connectivity index is 2.49. The van der Waals surface area contributed by atoms with Gasteiger partial charge >= 0.3 is 0 Å². The Morgan fingerprint density at radius 2 is 2.14 bits per heavy atom. The van der Waals surface area contributed by atoms with Gasteiger partial charge in [0.2, 0.25) is 10.0 Å². The summed E-state index contributed by atoms with van der Waals surface area (Å²) in [6, 6.07) is 1.31. The lowest BCUT2D eigenvalue weighted by atomic mass is 10.1. The van der Waals surface area contributed by atoms with Crippen molar-refractivity contribution in [3.63, 3.8) is 0 Å². The zero-order valence-electron chi connectivity index (χ0n) is 11.1. The second-order valence-electron chi connectivity index (χ2n) is 5.19. The van der Waals surface area contributed by atoms with Crippen molar-refractivity contribution in [2.45, 2.75) is 23.8 Å². The number of nitrogens with zero attached hydrogens (tertiary/aromatic N) is 2. The van der Waals surface area contributed by atoms with Crippen molar-refractivity contribution >= 4 is 21.4 Å². The third-order valence-electron chi connectivity index (χ3n) is 3.28. The number of rotatable bonds is 3. The fraction of sp³-hybridized carbons (Fsp3) is 0.455. The van der Waals surface area contributed by atoms with Gasteiger partial charge in [-0.2, -0.15) is 4.31 Å². The predicted molar refractivity (Wildman–Crippen MR) is 71.5 cm³/mol. The van der Waals surface area contributed by atoms with Crippen LogP contribution >= 0.6 is 0 Å². The van der Waals surface area contributed by atoms with Crippen LogP contribution < -0.4 is 5.73 Å². The normalized spacial score (nSPS) is 23.4. The molecule has 0 aromatic heterocycles. The summed E-state index contributed by atoms with van der Waals surface area (Å²) < 4.78 is 39.6. The molecule has 116 valence electrons. The second-order valence-corrected chi connectivity index (χ2v) is 7.06. The minimum Gasteiger partial charge on any atom is -0.397 e. The topological polar surface area (TPSA) is 127 Å². The lowest BCUT2D eigenvalue weighted by Crippen LogP contribution is -2.34. The Morgan fingerprint density at radius 1 is 1.52 bits per heavy atom. The highest BCUT2D eigenvalue weighted by molar-refractivity contribution is 7.89. The van der Waals surface area contributed by atoms with E-state index >= 15 is 0 Å². The number of nitro benzene ring substituents is 1. The standard InChI is InChI=1S/C11H14FN3O5S/c1-11(16)2-3-14(6-11)21(19,20)10-8(12)4-7(15(17)18)5-9(10)13/h4-5,16H,2-3,6,13H2,1H3. The summed E-state index contributed by atoms with van der Waals surface area (Å²) in [7, 11) is -4.26. The van der Waals surface area contributed by atoms with E-state index in [4.69, 9.17) is 5.73 Å². The number of hydrogen-bond donors (Lipinski definition) is 2. The molecule has 1 heterocycles. The molecular formula is C11H14FN3O5S. The molecule has 0 amide bonds. The summed E-state index contributed by atoms with van der Waals surface area (Å²) in [5.74, 6) is -1.28. The Hall–Kier alpha value is -1.78. The number of nitrogen functional groups attached to an aromatic ring is 1. The average molecular weight is 319 g/mol. The summed E-state index contributed by atoms with van der Waals surface area (Å²) in [6.07, 6.45) is 0.209. The molecule has 2 rings (SSSR count). The molecule has 1 saturated heterocycles. The molecule has 21 heavy (non-hydrogen) atoms. The van der Waals surface area contributed by atoms with E-state index in [0.29, 0.717) is 6.07 Å². The first-order valence-electron chi connectivity index (χ1n) is 6.00. The molecule has 0 radical (unpaired) electrons. The van der Waals surface area contributed by atoms with Crippen LogP contribution in [0.4, 0.5) is 15.8 Å². The number of halogens is 1. The van der Waals surface area contributed by atoms with Crippen molar-refractivity contribution in [3.8, 4) is 0 Å². The molecule has 1 unspecified atom stereocenters. The van der Waals surface area contributed by atoms with Gasteiger partial charge in [-0.3, -0.25) is 10.1 Å². The van der Waals surface area contributed by atoms with Crippen molar-refractivity contribution in [1.82, 2.24) is 4.31 Å². The van der Waals surface area contributed by atoms with Gasteiger partial charge in [-0.25, -0.2) is 12.8 Å². The molecule has 1 aliphatic rings. The van der Waals surface area contributed by atoms with Gasteiger partial charge in [-0.05, 0) is 13.3 Å². The maximum atomic E-state index is 14.0. The van der Waals surface area contributed by atoms with Gasteiger partial charge in [0.25, 0.3) is 5.69 Å². The number of anilines is 1. The third kappa shape index (κ3) is 2.82. The Labute approximate surface area is 120 Å². The second kappa shape index (κ2) is 4.90. The number of aliphatic hydroxyl groups is 1. The monoisotopic (exact) mass is 319 g/mol. The van der Waals surface area contributed by atoms with Crippen LogP contribution in [0.3, 0.4) is 0 Å². The number of nitro groups is 1. The van der Waals surface area contributed by atoms with E-state index in [0.717, 1.165) is 10.4 Å². The van der Waals surface area contributed by atoms with E-state index in [1.54, 1.807) is 0 Å². The zero-order valence-corrected chi connectivity index (χ0v) is 11.9. The molecule has 1 fully saturated rings. The van der Waals surface area contributed by atoms with Gasteiger partial charge < -0.3 is 10.8 Å². The number of nitrogens with two attached hydrogens (primary N) is 1. The smallest absolute Gasteiger partial charge is 0.274 e. The highest BCUT2D eigenvalue weighted by atomic mass is 32.2. The van der Waals surface area contributed by atoms with Crippen molar-refractivity contribution in [3.05, 3.63) is 28.1 Å². The predicted octanol–water partition coefficient (Wildman–Crippen LogP) is 0.462. The van der Waals surface area contributed by atoms with Crippen LogP contribution in [0.15, 0.2) is 17.0 Å². The van der Waals surface area contributed by atoms with Crippen molar-refractivity contribution < 1.29 is 22.8 Å². The molecule has 1 atom stereocenters. The maximum Gasteiger partial charge on any atom is 0.274 e. The summed E-state index contributed by atoms with van der Waals surface area (Å²) in [5, 5.41) is 20.4. The van der Waals surface area contributed by atoms with E-state index in [1.165, 1.54) is 6.92 Å². The highest BCUT2D eigenvalue weighted by Gasteiger charge is 2.40. The fourth-order valence-corrected chi connectivity index (χ4v) is 3.92. The molecule has 10 heteroatoms. The molecule has 8 nitrogen and oxygen atoms in total. The molecule has 1 aromatic carbocycles. The van der Waals surface area contributed by atoms with Gasteiger partial charge in [-0.1, -0.05) is 0 Å². The highest BCUT2D eigenvalue weighted by Crippen LogP contribution is 2.33. The van der Waals surface area contributed by atoms with E-state index in [2.05, 4.69) is 0 Å².